The van der Waals surface area contributed by atoms with Crippen molar-refractivity contribution in [2.45, 2.75) is 25.7 Å². The molecule has 1 aromatic carbocycles. The number of aryl methyl sites for hydroxylation is 1. The van der Waals surface area contributed by atoms with Crippen LogP contribution in [0.3, 0.4) is 0 Å². The average Bonchev–Trinajstić information content (AvgIpc) is 2.86. The number of phenols is 1. The fourth-order valence-corrected chi connectivity index (χ4v) is 1.49. The van der Waals surface area contributed by atoms with Crippen LogP contribution < -0.4 is 0 Å². The molecule has 1 aliphatic rings. The van der Waals surface area contributed by atoms with E-state index in [1.165, 1.54) is 19.3 Å². The zero-order valence-electron chi connectivity index (χ0n) is 7.16. The van der Waals surface area contributed by atoms with Gasteiger partial charge in [-0.15, -0.1) is 0 Å². The van der Waals surface area contributed by atoms with Gasteiger partial charge in [0.1, 0.15) is 5.75 Å². The Morgan fingerprint density at radius 2 is 2.00 bits per heavy atom. The smallest absolute Gasteiger partial charge is 0.118 e. The molecule has 0 bridgehead atoms. The van der Waals surface area contributed by atoms with E-state index in [0.717, 1.165) is 17.9 Å². The summed E-state index contributed by atoms with van der Waals surface area (Å²) >= 11 is 0. The molecule has 12 heavy (non-hydrogen) atoms. The Bertz CT molecular complexity index is 263. The molecule has 0 unspecified atom stereocenters. The molecule has 1 nitrogen and oxygen atoms in total. The van der Waals surface area contributed by atoms with E-state index in [-0.39, 0.29) is 0 Å². The monoisotopic (exact) mass is 162 g/mol. The highest BCUT2D eigenvalue weighted by Gasteiger charge is 2.20. The summed E-state index contributed by atoms with van der Waals surface area (Å²) in [5.74, 6) is 1.41. The number of phenolic OH excluding ortho intramolecular Hbond substituents is 1. The topological polar surface area (TPSA) is 20.2 Å². The summed E-state index contributed by atoms with van der Waals surface area (Å²) in [5, 5.41) is 9.44. The Morgan fingerprint density at radius 3 is 2.67 bits per heavy atom. The highest BCUT2D eigenvalue weighted by atomic mass is 16.3. The molecule has 1 aromatic rings. The Kier molecular flexibility index (Phi) is 2.03. The predicted octanol–water partition coefficient (Wildman–Crippen LogP) is 2.73. The first-order chi connectivity index (χ1) is 5.86. The van der Waals surface area contributed by atoms with Crippen molar-refractivity contribution in [1.29, 1.82) is 0 Å². The second-order valence-electron chi connectivity index (χ2n) is 3.61. The van der Waals surface area contributed by atoms with Crippen LogP contribution in [0.25, 0.3) is 0 Å². The van der Waals surface area contributed by atoms with E-state index >= 15 is 0 Å². The van der Waals surface area contributed by atoms with Gasteiger partial charge >= 0.3 is 0 Å². The van der Waals surface area contributed by atoms with Crippen molar-refractivity contribution in [3.05, 3.63) is 29.8 Å². The molecule has 1 heteroatoms. The molecule has 0 amide bonds. The number of para-hydroxylation sites is 1. The molecule has 0 aromatic heterocycles. The van der Waals surface area contributed by atoms with Gasteiger partial charge in [-0.3, -0.25) is 0 Å². The third kappa shape index (κ3) is 1.79. The van der Waals surface area contributed by atoms with Crippen LogP contribution in [-0.2, 0) is 6.42 Å². The minimum Gasteiger partial charge on any atom is -0.508 e. The minimum absolute atomic E-state index is 0.457. The highest BCUT2D eigenvalue weighted by Crippen LogP contribution is 2.34. The van der Waals surface area contributed by atoms with Crippen LogP contribution in [0.2, 0.25) is 0 Å². The quantitative estimate of drug-likeness (QED) is 0.724. The van der Waals surface area contributed by atoms with Crippen LogP contribution in [0.15, 0.2) is 24.3 Å². The van der Waals surface area contributed by atoms with E-state index < -0.39 is 0 Å². The van der Waals surface area contributed by atoms with Crippen molar-refractivity contribution < 1.29 is 5.11 Å². The summed E-state index contributed by atoms with van der Waals surface area (Å²) < 4.78 is 0. The number of benzene rings is 1. The molecule has 1 N–H and O–H groups in total. The molecule has 1 aliphatic carbocycles. The Morgan fingerprint density at radius 1 is 1.25 bits per heavy atom. The molecule has 0 radical (unpaired) electrons. The van der Waals surface area contributed by atoms with Crippen LogP contribution >= 0.6 is 0 Å². The second-order valence-corrected chi connectivity index (χ2v) is 3.61. The fourth-order valence-electron chi connectivity index (χ4n) is 1.49. The van der Waals surface area contributed by atoms with Crippen molar-refractivity contribution in [2.24, 2.45) is 5.92 Å². The molecule has 64 valence electrons. The first-order valence-electron chi connectivity index (χ1n) is 4.63. The highest BCUT2D eigenvalue weighted by molar-refractivity contribution is 5.31. The van der Waals surface area contributed by atoms with E-state index in [4.69, 9.17) is 0 Å². The summed E-state index contributed by atoms with van der Waals surface area (Å²) in [6.45, 7) is 0. The van der Waals surface area contributed by atoms with Crippen molar-refractivity contribution in [3.8, 4) is 5.75 Å². The van der Waals surface area contributed by atoms with Crippen LogP contribution in [0, 0.1) is 5.92 Å². The van der Waals surface area contributed by atoms with Gasteiger partial charge in [0, 0.05) is 0 Å². The third-order valence-electron chi connectivity index (χ3n) is 2.51. The van der Waals surface area contributed by atoms with E-state index in [2.05, 4.69) is 0 Å². The maximum absolute atomic E-state index is 9.44. The fraction of sp³-hybridized carbons (Fsp3) is 0.455. The normalized spacial score (nSPS) is 16.3. The summed E-state index contributed by atoms with van der Waals surface area (Å²) in [5.41, 5.74) is 1.10. The van der Waals surface area contributed by atoms with Crippen molar-refractivity contribution in [3.63, 3.8) is 0 Å². The SMILES string of the molecule is Oc1ccccc1CCC1CC1. The van der Waals surface area contributed by atoms with Gasteiger partial charge in [0.2, 0.25) is 0 Å². The van der Waals surface area contributed by atoms with Gasteiger partial charge in [-0.05, 0) is 30.4 Å². The molecular weight excluding hydrogens is 148 g/mol. The first kappa shape index (κ1) is 7.66. The summed E-state index contributed by atoms with van der Waals surface area (Å²) in [6.07, 6.45) is 5.08. The Balaban J connectivity index is 1.96. The molecule has 0 aliphatic heterocycles. The maximum Gasteiger partial charge on any atom is 0.118 e. The minimum atomic E-state index is 0.457. The molecule has 1 fully saturated rings. The van der Waals surface area contributed by atoms with Crippen molar-refractivity contribution in [1.82, 2.24) is 0 Å². The van der Waals surface area contributed by atoms with Gasteiger partial charge in [-0.25, -0.2) is 0 Å². The second kappa shape index (κ2) is 3.18. The van der Waals surface area contributed by atoms with Gasteiger partial charge in [0.25, 0.3) is 0 Å². The Labute approximate surface area is 73.0 Å². The lowest BCUT2D eigenvalue weighted by Crippen LogP contribution is -1.86. The lowest BCUT2D eigenvalue weighted by atomic mass is 10.1. The number of aromatic hydroxyl groups is 1. The van der Waals surface area contributed by atoms with Crippen LogP contribution in [0.5, 0.6) is 5.75 Å². The largest absolute Gasteiger partial charge is 0.508 e. The average molecular weight is 162 g/mol. The van der Waals surface area contributed by atoms with Crippen LogP contribution in [-0.4, -0.2) is 5.11 Å². The van der Waals surface area contributed by atoms with Gasteiger partial charge < -0.3 is 5.11 Å². The lowest BCUT2D eigenvalue weighted by molar-refractivity contribution is 0.466. The molecule has 2 rings (SSSR count). The Hall–Kier alpha value is -0.980. The molecule has 0 heterocycles. The van der Waals surface area contributed by atoms with E-state index in [0.29, 0.717) is 5.75 Å². The van der Waals surface area contributed by atoms with E-state index in [1.54, 1.807) is 6.07 Å². The molecule has 0 saturated heterocycles. The van der Waals surface area contributed by atoms with E-state index in [1.807, 2.05) is 18.2 Å². The lowest BCUT2D eigenvalue weighted by Gasteiger charge is -2.02. The summed E-state index contributed by atoms with van der Waals surface area (Å²) in [4.78, 5) is 0. The third-order valence-corrected chi connectivity index (χ3v) is 2.51. The number of hydrogen-bond donors (Lipinski definition) is 1. The number of hydrogen-bond acceptors (Lipinski definition) is 1. The van der Waals surface area contributed by atoms with Crippen molar-refractivity contribution in [2.75, 3.05) is 0 Å². The maximum atomic E-state index is 9.44. The van der Waals surface area contributed by atoms with Gasteiger partial charge in [-0.1, -0.05) is 31.0 Å². The molecular formula is C11H14O. The van der Waals surface area contributed by atoms with Crippen LogP contribution in [0.1, 0.15) is 24.8 Å². The van der Waals surface area contributed by atoms with E-state index in [9.17, 15) is 5.11 Å². The molecule has 0 spiro atoms. The first-order valence-corrected chi connectivity index (χ1v) is 4.63. The van der Waals surface area contributed by atoms with Gasteiger partial charge in [-0.2, -0.15) is 0 Å². The zero-order chi connectivity index (χ0) is 8.39. The molecule has 0 atom stereocenters. The van der Waals surface area contributed by atoms with Gasteiger partial charge in [0.05, 0.1) is 0 Å². The summed E-state index contributed by atoms with van der Waals surface area (Å²) in [6, 6.07) is 7.64. The van der Waals surface area contributed by atoms with Crippen LogP contribution in [0.4, 0.5) is 0 Å². The van der Waals surface area contributed by atoms with Crippen molar-refractivity contribution >= 4 is 0 Å². The summed E-state index contributed by atoms with van der Waals surface area (Å²) in [7, 11) is 0. The predicted molar refractivity (Wildman–Crippen MR) is 49.2 cm³/mol. The number of rotatable bonds is 3. The standard InChI is InChI=1S/C11H14O/c12-11-4-2-1-3-10(11)8-7-9-5-6-9/h1-4,9,12H,5-8H2. The van der Waals surface area contributed by atoms with Gasteiger partial charge in [0.15, 0.2) is 0 Å². The zero-order valence-corrected chi connectivity index (χ0v) is 7.16. The molecule has 1 saturated carbocycles.